The predicted molar refractivity (Wildman–Crippen MR) is 55.8 cm³/mol. The summed E-state index contributed by atoms with van der Waals surface area (Å²) in [6, 6.07) is 0. The average Bonchev–Trinajstić information content (AvgIpc) is 2.19. The first-order valence-electron chi connectivity index (χ1n) is 5.13. The second kappa shape index (κ2) is 4.60. The van der Waals surface area contributed by atoms with Gasteiger partial charge in [-0.25, -0.2) is 4.79 Å². The maximum absolute atomic E-state index is 11.2. The highest BCUT2D eigenvalue weighted by Crippen LogP contribution is 2.33. The van der Waals surface area contributed by atoms with Crippen LogP contribution in [0.2, 0.25) is 0 Å². The van der Waals surface area contributed by atoms with Crippen molar-refractivity contribution in [3.8, 4) is 0 Å². The van der Waals surface area contributed by atoms with E-state index in [0.717, 1.165) is 25.7 Å². The van der Waals surface area contributed by atoms with Gasteiger partial charge >= 0.3 is 5.97 Å². The average molecular weight is 197 g/mol. The van der Waals surface area contributed by atoms with Crippen molar-refractivity contribution >= 4 is 5.97 Å². The molecule has 0 spiro atoms. The second-order valence-corrected chi connectivity index (χ2v) is 4.03. The summed E-state index contributed by atoms with van der Waals surface area (Å²) in [6.07, 6.45) is 6.59. The Morgan fingerprint density at radius 2 is 1.93 bits per heavy atom. The van der Waals surface area contributed by atoms with Crippen molar-refractivity contribution < 1.29 is 9.53 Å². The van der Waals surface area contributed by atoms with Crippen molar-refractivity contribution in [1.29, 1.82) is 0 Å². The van der Waals surface area contributed by atoms with E-state index < -0.39 is 0 Å². The van der Waals surface area contributed by atoms with Crippen LogP contribution < -0.4 is 0 Å². The number of carbonyl (C=O) groups excluding carboxylic acids is 1. The fourth-order valence-electron chi connectivity index (χ4n) is 1.97. The zero-order chi connectivity index (χ0) is 10.6. The molecule has 0 amide bonds. The van der Waals surface area contributed by atoms with Crippen LogP contribution in [0.15, 0.2) is 12.7 Å². The Bertz CT molecular complexity index is 217. The van der Waals surface area contributed by atoms with E-state index >= 15 is 0 Å². The van der Waals surface area contributed by atoms with E-state index in [1.165, 1.54) is 12.5 Å². The zero-order valence-electron chi connectivity index (χ0n) is 9.08. The fraction of sp³-hybridized carbons (Fsp3) is 0.727. The molecule has 0 atom stereocenters. The third-order valence-corrected chi connectivity index (χ3v) is 2.91. The Morgan fingerprint density at radius 1 is 1.36 bits per heavy atom. The van der Waals surface area contributed by atoms with Crippen LogP contribution >= 0.6 is 0 Å². The maximum atomic E-state index is 11.2. The minimum atomic E-state index is -0.385. The molecule has 0 saturated heterocycles. The minimum Gasteiger partial charge on any atom is -0.441 e. The van der Waals surface area contributed by atoms with Crippen molar-refractivity contribution in [2.45, 2.75) is 37.8 Å². The lowest BCUT2D eigenvalue weighted by Crippen LogP contribution is -2.49. The third-order valence-electron chi connectivity index (χ3n) is 2.91. The third kappa shape index (κ3) is 2.35. The Balaban J connectivity index is 2.70. The molecule has 3 nitrogen and oxygen atoms in total. The van der Waals surface area contributed by atoms with Crippen LogP contribution in [0, 0.1) is 0 Å². The molecule has 0 bridgehead atoms. The molecule has 0 aromatic carbocycles. The summed E-state index contributed by atoms with van der Waals surface area (Å²) in [6.45, 7) is 3.42. The molecular formula is C11H19NO2. The molecule has 80 valence electrons. The highest BCUT2D eigenvalue weighted by Gasteiger charge is 2.37. The standard InChI is InChI=1S/C11H19NO2/c1-4-10(13)14-11(12(2)3)8-6-5-7-9-11/h4H,1,5-9H2,2-3H3. The summed E-state index contributed by atoms with van der Waals surface area (Å²) in [5.41, 5.74) is -0.385. The smallest absolute Gasteiger partial charge is 0.331 e. The zero-order valence-corrected chi connectivity index (χ0v) is 9.08. The number of carbonyl (C=O) groups is 1. The molecule has 0 aromatic heterocycles. The molecule has 14 heavy (non-hydrogen) atoms. The Labute approximate surface area is 85.7 Å². The lowest BCUT2D eigenvalue weighted by Gasteiger charge is -2.41. The highest BCUT2D eigenvalue weighted by molar-refractivity contribution is 5.81. The maximum Gasteiger partial charge on any atom is 0.331 e. The number of hydrogen-bond acceptors (Lipinski definition) is 3. The van der Waals surface area contributed by atoms with Gasteiger partial charge in [0, 0.05) is 18.9 Å². The monoisotopic (exact) mass is 197 g/mol. The van der Waals surface area contributed by atoms with Crippen LogP contribution in [0.3, 0.4) is 0 Å². The van der Waals surface area contributed by atoms with E-state index in [1.807, 2.05) is 19.0 Å². The molecule has 1 rings (SSSR count). The predicted octanol–water partition coefficient (Wildman–Crippen LogP) is 1.94. The number of ether oxygens (including phenoxy) is 1. The Hall–Kier alpha value is -0.830. The van der Waals surface area contributed by atoms with Crippen LogP contribution in [0.1, 0.15) is 32.1 Å². The number of rotatable bonds is 3. The van der Waals surface area contributed by atoms with E-state index in [1.54, 1.807) is 0 Å². The topological polar surface area (TPSA) is 29.5 Å². The lowest BCUT2D eigenvalue weighted by molar-refractivity contribution is -0.181. The SMILES string of the molecule is C=CC(=O)OC1(N(C)C)CCCCC1. The first-order valence-corrected chi connectivity index (χ1v) is 5.13. The summed E-state index contributed by atoms with van der Waals surface area (Å²) < 4.78 is 5.46. The van der Waals surface area contributed by atoms with Crippen LogP contribution in [0.5, 0.6) is 0 Å². The summed E-state index contributed by atoms with van der Waals surface area (Å²) in [4.78, 5) is 13.2. The number of nitrogens with zero attached hydrogens (tertiary/aromatic N) is 1. The van der Waals surface area contributed by atoms with Gasteiger partial charge in [-0.15, -0.1) is 0 Å². The summed E-state index contributed by atoms with van der Waals surface area (Å²) in [5.74, 6) is -0.319. The molecule has 1 saturated carbocycles. The summed E-state index contributed by atoms with van der Waals surface area (Å²) in [5, 5.41) is 0. The fourth-order valence-corrected chi connectivity index (χ4v) is 1.97. The Morgan fingerprint density at radius 3 is 2.36 bits per heavy atom. The molecule has 3 heteroatoms. The highest BCUT2D eigenvalue weighted by atomic mass is 16.6. The van der Waals surface area contributed by atoms with Gasteiger partial charge in [-0.2, -0.15) is 0 Å². The molecule has 0 N–H and O–H groups in total. The van der Waals surface area contributed by atoms with Crippen LogP contribution in [-0.2, 0) is 9.53 Å². The molecule has 1 fully saturated rings. The van der Waals surface area contributed by atoms with E-state index in [4.69, 9.17) is 4.74 Å². The van der Waals surface area contributed by atoms with Crippen molar-refractivity contribution in [3.05, 3.63) is 12.7 Å². The molecule has 0 heterocycles. The van der Waals surface area contributed by atoms with Gasteiger partial charge in [-0.3, -0.25) is 4.90 Å². The first kappa shape index (κ1) is 11.2. The molecule has 0 aromatic rings. The molecule has 1 aliphatic carbocycles. The van der Waals surface area contributed by atoms with Gasteiger partial charge in [-0.1, -0.05) is 13.0 Å². The summed E-state index contributed by atoms with van der Waals surface area (Å²) in [7, 11) is 3.92. The van der Waals surface area contributed by atoms with Gasteiger partial charge in [0.05, 0.1) is 0 Å². The molecule has 0 unspecified atom stereocenters. The molecule has 0 radical (unpaired) electrons. The second-order valence-electron chi connectivity index (χ2n) is 4.03. The number of esters is 1. The van der Waals surface area contributed by atoms with E-state index in [0.29, 0.717) is 0 Å². The van der Waals surface area contributed by atoms with E-state index in [9.17, 15) is 4.79 Å². The van der Waals surface area contributed by atoms with Crippen LogP contribution in [0.4, 0.5) is 0 Å². The van der Waals surface area contributed by atoms with Gasteiger partial charge in [0.15, 0.2) is 5.72 Å². The lowest BCUT2D eigenvalue weighted by atomic mass is 9.90. The van der Waals surface area contributed by atoms with Gasteiger partial charge in [-0.05, 0) is 26.9 Å². The molecule has 0 aliphatic heterocycles. The first-order chi connectivity index (χ1) is 6.60. The van der Waals surface area contributed by atoms with Gasteiger partial charge in [0.25, 0.3) is 0 Å². The largest absolute Gasteiger partial charge is 0.441 e. The normalized spacial score (nSPS) is 20.5. The van der Waals surface area contributed by atoms with E-state index in [2.05, 4.69) is 6.58 Å². The number of hydrogen-bond donors (Lipinski definition) is 0. The van der Waals surface area contributed by atoms with Crippen LogP contribution in [0.25, 0.3) is 0 Å². The van der Waals surface area contributed by atoms with Crippen molar-refractivity contribution in [2.24, 2.45) is 0 Å². The Kier molecular flexibility index (Phi) is 3.69. The van der Waals surface area contributed by atoms with Gasteiger partial charge < -0.3 is 4.74 Å². The minimum absolute atomic E-state index is 0.319. The summed E-state index contributed by atoms with van der Waals surface area (Å²) >= 11 is 0. The van der Waals surface area contributed by atoms with Gasteiger partial charge in [0.2, 0.25) is 0 Å². The quantitative estimate of drug-likeness (QED) is 0.393. The van der Waals surface area contributed by atoms with Crippen molar-refractivity contribution in [3.63, 3.8) is 0 Å². The van der Waals surface area contributed by atoms with Crippen molar-refractivity contribution in [2.75, 3.05) is 14.1 Å². The van der Waals surface area contributed by atoms with Crippen LogP contribution in [-0.4, -0.2) is 30.7 Å². The molecular weight excluding hydrogens is 178 g/mol. The molecule has 1 aliphatic rings. The van der Waals surface area contributed by atoms with Gasteiger partial charge in [0.1, 0.15) is 0 Å². The van der Waals surface area contributed by atoms with E-state index in [-0.39, 0.29) is 11.7 Å². The van der Waals surface area contributed by atoms with Crippen molar-refractivity contribution in [1.82, 2.24) is 4.90 Å².